The summed E-state index contributed by atoms with van der Waals surface area (Å²) >= 11 is 0. The van der Waals surface area contributed by atoms with E-state index in [4.69, 9.17) is 5.26 Å². The molecule has 25 heavy (non-hydrogen) atoms. The average Bonchev–Trinajstić information content (AvgIpc) is 3.15. The number of hydrogen-bond acceptors (Lipinski definition) is 4. The van der Waals surface area contributed by atoms with E-state index in [-0.39, 0.29) is 17.9 Å². The normalized spacial score (nSPS) is 30.1. The number of rotatable bonds is 4. The van der Waals surface area contributed by atoms with E-state index < -0.39 is 0 Å². The summed E-state index contributed by atoms with van der Waals surface area (Å²) in [5, 5.41) is 12.4. The standard InChI is InChI=1S/C19H30N4O2/c20-13-17-5-4-12-23(17)18(24)14-21-16-8-6-15(7-9-16)19(25)22-10-2-1-3-11-22/h15-17,21H,1-12,14H2/t15?,16?,17-/m0/s1. The predicted octanol–water partition coefficient (Wildman–Crippen LogP) is 1.66. The van der Waals surface area contributed by atoms with Crippen LogP contribution < -0.4 is 5.32 Å². The van der Waals surface area contributed by atoms with Crippen LogP contribution in [0.4, 0.5) is 0 Å². The molecule has 1 N–H and O–H groups in total. The second kappa shape index (κ2) is 8.66. The molecular formula is C19H30N4O2. The van der Waals surface area contributed by atoms with Gasteiger partial charge in [-0.05, 0) is 57.8 Å². The van der Waals surface area contributed by atoms with Crippen molar-refractivity contribution in [3.8, 4) is 6.07 Å². The van der Waals surface area contributed by atoms with Crippen molar-refractivity contribution < 1.29 is 9.59 Å². The SMILES string of the molecule is N#C[C@@H]1CCCN1C(=O)CNC1CCC(C(=O)N2CCCCC2)CC1. The molecule has 2 saturated heterocycles. The van der Waals surface area contributed by atoms with Crippen molar-refractivity contribution in [1.29, 1.82) is 5.26 Å². The highest BCUT2D eigenvalue weighted by molar-refractivity contribution is 5.79. The second-order valence-corrected chi connectivity index (χ2v) is 7.69. The van der Waals surface area contributed by atoms with E-state index >= 15 is 0 Å². The molecule has 0 spiro atoms. The molecule has 2 heterocycles. The Bertz CT molecular complexity index is 516. The third-order valence-corrected chi connectivity index (χ3v) is 6.01. The fraction of sp³-hybridized carbons (Fsp3) is 0.842. The van der Waals surface area contributed by atoms with Gasteiger partial charge in [0.05, 0.1) is 12.6 Å². The highest BCUT2D eigenvalue weighted by Crippen LogP contribution is 2.27. The molecule has 138 valence electrons. The number of amides is 2. The summed E-state index contributed by atoms with van der Waals surface area (Å²) < 4.78 is 0. The van der Waals surface area contributed by atoms with Crippen LogP contribution >= 0.6 is 0 Å². The summed E-state index contributed by atoms with van der Waals surface area (Å²) in [6.45, 7) is 2.88. The molecule has 0 aromatic heterocycles. The van der Waals surface area contributed by atoms with Crippen molar-refractivity contribution >= 4 is 11.8 Å². The maximum Gasteiger partial charge on any atom is 0.237 e. The molecule has 2 aliphatic heterocycles. The van der Waals surface area contributed by atoms with Crippen molar-refractivity contribution in [3.05, 3.63) is 0 Å². The van der Waals surface area contributed by atoms with Gasteiger partial charge in [0.25, 0.3) is 0 Å². The zero-order valence-corrected chi connectivity index (χ0v) is 15.1. The van der Waals surface area contributed by atoms with E-state index in [2.05, 4.69) is 16.3 Å². The number of nitrogens with one attached hydrogen (secondary N) is 1. The van der Waals surface area contributed by atoms with Crippen LogP contribution in [0.15, 0.2) is 0 Å². The Labute approximate surface area is 150 Å². The molecule has 0 aromatic carbocycles. The van der Waals surface area contributed by atoms with Crippen LogP contribution in [0.5, 0.6) is 0 Å². The van der Waals surface area contributed by atoms with Gasteiger partial charge < -0.3 is 15.1 Å². The highest BCUT2D eigenvalue weighted by atomic mass is 16.2. The Morgan fingerprint density at radius 1 is 0.960 bits per heavy atom. The maximum absolute atomic E-state index is 12.6. The van der Waals surface area contributed by atoms with Crippen LogP contribution in [0.3, 0.4) is 0 Å². The van der Waals surface area contributed by atoms with Crippen molar-refractivity contribution in [2.24, 2.45) is 5.92 Å². The Hall–Kier alpha value is -1.61. The molecule has 3 aliphatic rings. The lowest BCUT2D eigenvalue weighted by Crippen LogP contribution is -2.46. The average molecular weight is 346 g/mol. The summed E-state index contributed by atoms with van der Waals surface area (Å²) in [4.78, 5) is 28.6. The largest absolute Gasteiger partial charge is 0.342 e. The molecule has 6 nitrogen and oxygen atoms in total. The number of nitriles is 1. The number of likely N-dealkylation sites (tertiary alicyclic amines) is 2. The van der Waals surface area contributed by atoms with Gasteiger partial charge in [-0.1, -0.05) is 0 Å². The lowest BCUT2D eigenvalue weighted by atomic mass is 9.85. The molecule has 1 saturated carbocycles. The lowest BCUT2D eigenvalue weighted by molar-refractivity contribution is -0.137. The monoisotopic (exact) mass is 346 g/mol. The van der Waals surface area contributed by atoms with Crippen LogP contribution in [-0.4, -0.2) is 59.9 Å². The molecule has 0 radical (unpaired) electrons. The highest BCUT2D eigenvalue weighted by Gasteiger charge is 2.31. The number of carbonyl (C=O) groups is 2. The first kappa shape index (κ1) is 18.2. The first-order chi connectivity index (χ1) is 12.2. The Kier molecular flexibility index (Phi) is 6.30. The van der Waals surface area contributed by atoms with Gasteiger partial charge in [-0.15, -0.1) is 0 Å². The van der Waals surface area contributed by atoms with Crippen molar-refractivity contribution in [2.45, 2.75) is 69.9 Å². The van der Waals surface area contributed by atoms with Crippen molar-refractivity contribution in [3.63, 3.8) is 0 Å². The molecule has 0 unspecified atom stereocenters. The van der Waals surface area contributed by atoms with Gasteiger partial charge in [-0.25, -0.2) is 0 Å². The quantitative estimate of drug-likeness (QED) is 0.840. The van der Waals surface area contributed by atoms with Crippen LogP contribution in [0.2, 0.25) is 0 Å². The maximum atomic E-state index is 12.6. The predicted molar refractivity (Wildman–Crippen MR) is 94.5 cm³/mol. The van der Waals surface area contributed by atoms with Gasteiger partial charge in [0.1, 0.15) is 6.04 Å². The molecular weight excluding hydrogens is 316 g/mol. The molecule has 0 bridgehead atoms. The van der Waals surface area contributed by atoms with Crippen LogP contribution in [0.25, 0.3) is 0 Å². The minimum atomic E-state index is -0.243. The summed E-state index contributed by atoms with van der Waals surface area (Å²) in [6.07, 6.45) is 9.02. The van der Waals surface area contributed by atoms with Gasteiger partial charge in [0.2, 0.25) is 11.8 Å². The number of carbonyl (C=O) groups excluding carboxylic acids is 2. The van der Waals surface area contributed by atoms with E-state index in [0.717, 1.165) is 64.5 Å². The summed E-state index contributed by atoms with van der Waals surface area (Å²) in [5.41, 5.74) is 0. The van der Waals surface area contributed by atoms with E-state index in [0.29, 0.717) is 25.0 Å². The topological polar surface area (TPSA) is 76.4 Å². The van der Waals surface area contributed by atoms with Gasteiger partial charge in [0, 0.05) is 31.6 Å². The van der Waals surface area contributed by atoms with Crippen LogP contribution in [0, 0.1) is 17.2 Å². The summed E-state index contributed by atoms with van der Waals surface area (Å²) in [5.74, 6) is 0.562. The Morgan fingerprint density at radius 3 is 2.36 bits per heavy atom. The van der Waals surface area contributed by atoms with Gasteiger partial charge in [0.15, 0.2) is 0 Å². The molecule has 1 aliphatic carbocycles. The number of nitrogens with zero attached hydrogens (tertiary/aromatic N) is 3. The molecule has 2 amide bonds. The first-order valence-corrected chi connectivity index (χ1v) is 9.90. The fourth-order valence-electron chi connectivity index (χ4n) is 4.45. The fourth-order valence-corrected chi connectivity index (χ4v) is 4.45. The molecule has 0 aromatic rings. The number of piperidine rings is 1. The Morgan fingerprint density at radius 2 is 1.68 bits per heavy atom. The zero-order chi connectivity index (χ0) is 17.6. The van der Waals surface area contributed by atoms with Gasteiger partial charge in [-0.2, -0.15) is 5.26 Å². The van der Waals surface area contributed by atoms with Gasteiger partial charge >= 0.3 is 0 Å². The van der Waals surface area contributed by atoms with Crippen molar-refractivity contribution in [2.75, 3.05) is 26.2 Å². The molecule has 6 heteroatoms. The van der Waals surface area contributed by atoms with E-state index in [1.54, 1.807) is 4.90 Å². The molecule has 3 rings (SSSR count). The molecule has 3 fully saturated rings. The van der Waals surface area contributed by atoms with E-state index in [1.165, 1.54) is 6.42 Å². The summed E-state index contributed by atoms with van der Waals surface area (Å²) in [6, 6.07) is 2.29. The third-order valence-electron chi connectivity index (χ3n) is 6.01. The van der Waals surface area contributed by atoms with E-state index in [1.807, 2.05) is 0 Å². The molecule has 1 atom stereocenters. The third kappa shape index (κ3) is 4.52. The van der Waals surface area contributed by atoms with Gasteiger partial charge in [-0.3, -0.25) is 9.59 Å². The Balaban J connectivity index is 1.38. The zero-order valence-electron chi connectivity index (χ0n) is 15.1. The van der Waals surface area contributed by atoms with E-state index in [9.17, 15) is 9.59 Å². The van der Waals surface area contributed by atoms with Crippen LogP contribution in [0.1, 0.15) is 57.8 Å². The number of hydrogen-bond donors (Lipinski definition) is 1. The smallest absolute Gasteiger partial charge is 0.237 e. The van der Waals surface area contributed by atoms with Crippen LogP contribution in [-0.2, 0) is 9.59 Å². The minimum Gasteiger partial charge on any atom is -0.342 e. The second-order valence-electron chi connectivity index (χ2n) is 7.69. The lowest BCUT2D eigenvalue weighted by Gasteiger charge is -2.34. The minimum absolute atomic E-state index is 0.0376. The summed E-state index contributed by atoms with van der Waals surface area (Å²) in [7, 11) is 0. The van der Waals surface area contributed by atoms with Crippen molar-refractivity contribution in [1.82, 2.24) is 15.1 Å². The first-order valence-electron chi connectivity index (χ1n) is 9.90.